The number of aryl methyl sites for hydroxylation is 1. The number of hydrogen-bond donors (Lipinski definition) is 3. The Hall–Kier alpha value is -0.980. The fourth-order valence-electron chi connectivity index (χ4n) is 1.92. The van der Waals surface area contributed by atoms with Gasteiger partial charge in [-0.25, -0.2) is 4.68 Å². The molecule has 104 valence electrons. The molecule has 1 aliphatic carbocycles. The summed E-state index contributed by atoms with van der Waals surface area (Å²) in [5.74, 6) is -1.50. The molecule has 1 aromatic heterocycles. The zero-order chi connectivity index (χ0) is 13.9. The fraction of sp³-hybridized carbons (Fsp3) is 0.833. The van der Waals surface area contributed by atoms with Crippen LogP contribution >= 0.6 is 0 Å². The molecule has 2 rings (SSSR count). The van der Waals surface area contributed by atoms with Gasteiger partial charge in [-0.3, -0.25) is 0 Å². The maximum Gasteiger partial charge on any atom is 0.156 e. The van der Waals surface area contributed by atoms with Crippen LogP contribution in [0.1, 0.15) is 50.5 Å². The first-order chi connectivity index (χ1) is 8.18. The van der Waals surface area contributed by atoms with E-state index in [1.165, 1.54) is 13.8 Å². The molecule has 6 heteroatoms. The molecule has 2 unspecified atom stereocenters. The van der Waals surface area contributed by atoms with E-state index in [0.717, 1.165) is 30.7 Å². The van der Waals surface area contributed by atoms with Crippen molar-refractivity contribution in [3.8, 4) is 0 Å². The van der Waals surface area contributed by atoms with Crippen molar-refractivity contribution in [2.75, 3.05) is 0 Å². The van der Waals surface area contributed by atoms with E-state index < -0.39 is 5.79 Å². The molecular formula is C12H23N3O3. The van der Waals surface area contributed by atoms with E-state index in [9.17, 15) is 5.11 Å². The van der Waals surface area contributed by atoms with E-state index in [-0.39, 0.29) is 6.10 Å². The van der Waals surface area contributed by atoms with Gasteiger partial charge in [-0.05, 0) is 47.0 Å². The Morgan fingerprint density at radius 1 is 1.22 bits per heavy atom. The van der Waals surface area contributed by atoms with Gasteiger partial charge < -0.3 is 15.3 Å². The largest absolute Gasteiger partial charge is 0.393 e. The lowest BCUT2D eigenvalue weighted by molar-refractivity contribution is -0.127. The lowest BCUT2D eigenvalue weighted by Crippen LogP contribution is -2.15. The first kappa shape index (κ1) is 15.1. The Balaban J connectivity index is 0.000000280. The normalized spacial score (nSPS) is 23.7. The Morgan fingerprint density at radius 2 is 1.78 bits per heavy atom. The van der Waals surface area contributed by atoms with Crippen LogP contribution < -0.4 is 0 Å². The lowest BCUT2D eigenvalue weighted by Gasteiger charge is -2.10. The van der Waals surface area contributed by atoms with Crippen molar-refractivity contribution in [3.63, 3.8) is 0 Å². The quantitative estimate of drug-likeness (QED) is 0.644. The van der Waals surface area contributed by atoms with Crippen LogP contribution in [0.15, 0.2) is 0 Å². The molecule has 0 saturated heterocycles. The predicted octanol–water partition coefficient (Wildman–Crippen LogP) is 0.688. The van der Waals surface area contributed by atoms with Crippen molar-refractivity contribution in [2.45, 2.75) is 64.9 Å². The summed E-state index contributed by atoms with van der Waals surface area (Å²) < 4.78 is 1.95. The van der Waals surface area contributed by atoms with Gasteiger partial charge in [0, 0.05) is 0 Å². The van der Waals surface area contributed by atoms with E-state index >= 15 is 0 Å². The highest BCUT2D eigenvalue weighted by Gasteiger charge is 2.26. The van der Waals surface area contributed by atoms with Crippen LogP contribution in [0.2, 0.25) is 0 Å². The maximum atomic E-state index is 9.40. The number of hydrogen-bond acceptors (Lipinski definition) is 5. The maximum absolute atomic E-state index is 9.40. The topological polar surface area (TPSA) is 91.4 Å². The zero-order valence-electron chi connectivity index (χ0n) is 11.5. The molecule has 1 fully saturated rings. The Labute approximate surface area is 107 Å². The number of nitrogens with zero attached hydrogens (tertiary/aromatic N) is 3. The minimum atomic E-state index is -1.50. The van der Waals surface area contributed by atoms with Crippen LogP contribution in [-0.4, -0.2) is 42.2 Å². The Morgan fingerprint density at radius 3 is 2.11 bits per heavy atom. The monoisotopic (exact) mass is 257 g/mol. The summed E-state index contributed by atoms with van der Waals surface area (Å²) in [5.41, 5.74) is 2.11. The van der Waals surface area contributed by atoms with Crippen LogP contribution in [0.5, 0.6) is 0 Å². The van der Waals surface area contributed by atoms with E-state index in [2.05, 4.69) is 10.3 Å². The van der Waals surface area contributed by atoms with Gasteiger partial charge >= 0.3 is 0 Å². The zero-order valence-corrected chi connectivity index (χ0v) is 11.5. The van der Waals surface area contributed by atoms with Crippen LogP contribution in [0.3, 0.4) is 0 Å². The second-order valence-electron chi connectivity index (χ2n) is 5.32. The van der Waals surface area contributed by atoms with Crippen molar-refractivity contribution in [2.24, 2.45) is 0 Å². The molecule has 6 nitrogen and oxygen atoms in total. The number of aliphatic hydroxyl groups excluding tert-OH is 1. The van der Waals surface area contributed by atoms with Crippen molar-refractivity contribution < 1.29 is 15.3 Å². The smallest absolute Gasteiger partial charge is 0.156 e. The van der Waals surface area contributed by atoms with Gasteiger partial charge in [0.25, 0.3) is 0 Å². The third-order valence-electron chi connectivity index (χ3n) is 2.88. The van der Waals surface area contributed by atoms with Crippen molar-refractivity contribution in [1.29, 1.82) is 0 Å². The number of aliphatic hydroxyl groups is 3. The molecule has 0 radical (unpaired) electrons. The van der Waals surface area contributed by atoms with Crippen LogP contribution in [0.4, 0.5) is 0 Å². The molecular weight excluding hydrogens is 234 g/mol. The third kappa shape index (κ3) is 4.72. The second-order valence-corrected chi connectivity index (χ2v) is 5.32. The minimum Gasteiger partial charge on any atom is -0.393 e. The first-order valence-electron chi connectivity index (χ1n) is 6.19. The molecule has 0 bridgehead atoms. The third-order valence-corrected chi connectivity index (χ3v) is 2.88. The van der Waals surface area contributed by atoms with E-state index in [4.69, 9.17) is 10.2 Å². The average Bonchev–Trinajstić information content (AvgIpc) is 2.73. The van der Waals surface area contributed by atoms with E-state index in [1.807, 2.05) is 18.5 Å². The highest BCUT2D eigenvalue weighted by atomic mass is 16.5. The summed E-state index contributed by atoms with van der Waals surface area (Å²) in [5, 5.41) is 33.7. The standard InChI is InChI=1S/C9H15N3O.C3H8O2/c1-6-7(2)12(11-10-6)8-3-4-9(13)5-8;1-3(2,4)5/h8-9,13H,3-5H2,1-2H3;4-5H,1-2H3. The van der Waals surface area contributed by atoms with Crippen LogP contribution in [-0.2, 0) is 0 Å². The molecule has 18 heavy (non-hydrogen) atoms. The van der Waals surface area contributed by atoms with Crippen LogP contribution in [0, 0.1) is 13.8 Å². The molecule has 1 aliphatic rings. The first-order valence-corrected chi connectivity index (χ1v) is 6.19. The molecule has 2 atom stereocenters. The van der Waals surface area contributed by atoms with Gasteiger partial charge in [-0.2, -0.15) is 0 Å². The lowest BCUT2D eigenvalue weighted by atomic mass is 10.2. The van der Waals surface area contributed by atoms with Crippen molar-refractivity contribution >= 4 is 0 Å². The summed E-state index contributed by atoms with van der Waals surface area (Å²) >= 11 is 0. The summed E-state index contributed by atoms with van der Waals surface area (Å²) in [4.78, 5) is 0. The Kier molecular flexibility index (Phi) is 4.84. The van der Waals surface area contributed by atoms with Crippen molar-refractivity contribution in [1.82, 2.24) is 15.0 Å². The fourth-order valence-corrected chi connectivity index (χ4v) is 1.92. The number of rotatable bonds is 1. The van der Waals surface area contributed by atoms with Crippen LogP contribution in [0.25, 0.3) is 0 Å². The highest BCUT2D eigenvalue weighted by molar-refractivity contribution is 5.06. The van der Waals surface area contributed by atoms with Gasteiger partial charge in [-0.1, -0.05) is 5.21 Å². The molecule has 1 aromatic rings. The Bertz CT molecular complexity index is 378. The van der Waals surface area contributed by atoms with Crippen molar-refractivity contribution in [3.05, 3.63) is 11.4 Å². The van der Waals surface area contributed by atoms with E-state index in [1.54, 1.807) is 0 Å². The molecule has 1 heterocycles. The summed E-state index contributed by atoms with van der Waals surface area (Å²) in [6.07, 6.45) is 2.59. The van der Waals surface area contributed by atoms with Gasteiger partial charge in [0.1, 0.15) is 0 Å². The summed E-state index contributed by atoms with van der Waals surface area (Å²) in [6.45, 7) is 6.59. The average molecular weight is 257 g/mol. The van der Waals surface area contributed by atoms with Gasteiger partial charge in [0.2, 0.25) is 0 Å². The highest BCUT2D eigenvalue weighted by Crippen LogP contribution is 2.30. The molecule has 1 saturated carbocycles. The predicted molar refractivity (Wildman–Crippen MR) is 66.9 cm³/mol. The minimum absolute atomic E-state index is 0.145. The SMILES string of the molecule is CC(C)(O)O.Cc1nnn(C2CCC(O)C2)c1C. The van der Waals surface area contributed by atoms with Gasteiger partial charge in [0.05, 0.1) is 23.5 Å². The molecule has 0 aromatic carbocycles. The molecule has 0 amide bonds. The van der Waals surface area contributed by atoms with Gasteiger partial charge in [-0.15, -0.1) is 5.10 Å². The van der Waals surface area contributed by atoms with Gasteiger partial charge in [0.15, 0.2) is 5.79 Å². The number of aromatic nitrogens is 3. The molecule has 0 aliphatic heterocycles. The molecule has 0 spiro atoms. The second kappa shape index (κ2) is 5.77. The molecule has 3 N–H and O–H groups in total. The summed E-state index contributed by atoms with van der Waals surface area (Å²) in [6, 6.07) is 0.358. The summed E-state index contributed by atoms with van der Waals surface area (Å²) in [7, 11) is 0. The van der Waals surface area contributed by atoms with E-state index in [0.29, 0.717) is 6.04 Å².